The third-order valence-electron chi connectivity index (χ3n) is 3.66. The van der Waals surface area contributed by atoms with Gasteiger partial charge in [0.25, 0.3) is 0 Å². The van der Waals surface area contributed by atoms with E-state index in [0.29, 0.717) is 13.0 Å². The molecule has 0 aromatic heterocycles. The van der Waals surface area contributed by atoms with E-state index in [1.165, 1.54) is 4.90 Å². The Kier molecular flexibility index (Phi) is 4.58. The molecule has 1 amide bonds. The van der Waals surface area contributed by atoms with Crippen LogP contribution in [0.15, 0.2) is 28.7 Å². The number of likely N-dealkylation sites (tertiary alicyclic amines) is 1. The Morgan fingerprint density at radius 1 is 1.47 bits per heavy atom. The maximum absolute atomic E-state index is 13.1. The van der Waals surface area contributed by atoms with Crippen LogP contribution in [0.5, 0.6) is 0 Å². The molecule has 0 unspecified atom stereocenters. The smallest absolute Gasteiger partial charge is 0.240 e. The van der Waals surface area contributed by atoms with Gasteiger partial charge in [0.15, 0.2) is 0 Å². The van der Waals surface area contributed by atoms with Crippen molar-refractivity contribution in [3.8, 4) is 0 Å². The average Bonchev–Trinajstić information content (AvgIpc) is 2.84. The van der Waals surface area contributed by atoms with Gasteiger partial charge in [-0.25, -0.2) is 4.39 Å². The minimum Gasteiger partial charge on any atom is -0.338 e. The van der Waals surface area contributed by atoms with E-state index >= 15 is 0 Å². The van der Waals surface area contributed by atoms with Crippen molar-refractivity contribution in [3.05, 3.63) is 34.3 Å². The maximum Gasteiger partial charge on any atom is 0.240 e. The lowest BCUT2D eigenvalue weighted by Gasteiger charge is -2.25. The number of alkyl halides is 1. The van der Waals surface area contributed by atoms with Crippen LogP contribution in [0.4, 0.5) is 4.39 Å². The Morgan fingerprint density at radius 3 is 2.63 bits per heavy atom. The van der Waals surface area contributed by atoms with Crippen LogP contribution in [0.25, 0.3) is 0 Å². The molecule has 19 heavy (non-hydrogen) atoms. The highest BCUT2D eigenvalue weighted by molar-refractivity contribution is 9.10. The lowest BCUT2D eigenvalue weighted by atomic mass is 9.93. The lowest BCUT2D eigenvalue weighted by Crippen LogP contribution is -2.45. The first-order valence-electron chi connectivity index (χ1n) is 6.43. The van der Waals surface area contributed by atoms with Gasteiger partial charge in [-0.15, -0.1) is 0 Å². The number of amides is 1. The monoisotopic (exact) mass is 328 g/mol. The predicted octanol–water partition coefficient (Wildman–Crippen LogP) is 2.45. The molecule has 3 atom stereocenters. The van der Waals surface area contributed by atoms with Gasteiger partial charge in [-0.3, -0.25) is 4.79 Å². The van der Waals surface area contributed by atoms with Gasteiger partial charge < -0.3 is 10.6 Å². The molecule has 3 nitrogen and oxygen atoms in total. The third kappa shape index (κ3) is 3.34. The molecule has 1 aliphatic rings. The molecular formula is C14H18BrFN2O. The van der Waals surface area contributed by atoms with E-state index in [1.807, 2.05) is 31.2 Å². The van der Waals surface area contributed by atoms with Crippen LogP contribution in [-0.2, 0) is 4.79 Å². The largest absolute Gasteiger partial charge is 0.338 e. The lowest BCUT2D eigenvalue weighted by molar-refractivity contribution is -0.132. The number of hydrogen-bond acceptors (Lipinski definition) is 2. The molecule has 1 fully saturated rings. The molecule has 0 radical (unpaired) electrons. The highest BCUT2D eigenvalue weighted by Crippen LogP contribution is 2.23. The van der Waals surface area contributed by atoms with Crippen molar-refractivity contribution in [3.63, 3.8) is 0 Å². The number of halogens is 2. The fraction of sp³-hybridized carbons (Fsp3) is 0.500. The van der Waals surface area contributed by atoms with Crippen molar-refractivity contribution in [2.45, 2.75) is 31.5 Å². The molecule has 0 saturated carbocycles. The fourth-order valence-electron chi connectivity index (χ4n) is 2.32. The van der Waals surface area contributed by atoms with E-state index in [-0.39, 0.29) is 18.4 Å². The van der Waals surface area contributed by atoms with Crippen molar-refractivity contribution in [1.29, 1.82) is 0 Å². The van der Waals surface area contributed by atoms with Crippen molar-refractivity contribution in [2.24, 2.45) is 5.73 Å². The van der Waals surface area contributed by atoms with E-state index in [4.69, 9.17) is 5.73 Å². The first-order valence-corrected chi connectivity index (χ1v) is 7.22. The second kappa shape index (κ2) is 6.01. The Balaban J connectivity index is 2.04. The molecule has 0 spiro atoms. The molecule has 2 rings (SSSR count). The number of carbonyl (C=O) groups excluding carboxylic acids is 1. The van der Waals surface area contributed by atoms with E-state index < -0.39 is 12.2 Å². The molecule has 2 N–H and O–H groups in total. The van der Waals surface area contributed by atoms with Gasteiger partial charge in [0.2, 0.25) is 5.91 Å². The molecule has 5 heteroatoms. The van der Waals surface area contributed by atoms with Gasteiger partial charge in [0, 0.05) is 16.9 Å². The van der Waals surface area contributed by atoms with Crippen molar-refractivity contribution in [2.75, 3.05) is 13.1 Å². The van der Waals surface area contributed by atoms with Crippen LogP contribution in [0.1, 0.15) is 24.8 Å². The van der Waals surface area contributed by atoms with Gasteiger partial charge in [-0.2, -0.15) is 0 Å². The number of benzene rings is 1. The summed E-state index contributed by atoms with van der Waals surface area (Å²) >= 11 is 3.37. The summed E-state index contributed by atoms with van der Waals surface area (Å²) in [5.74, 6) is -0.241. The van der Waals surface area contributed by atoms with Crippen LogP contribution >= 0.6 is 15.9 Å². The highest BCUT2D eigenvalue weighted by atomic mass is 79.9. The third-order valence-corrected chi connectivity index (χ3v) is 4.19. The van der Waals surface area contributed by atoms with E-state index in [9.17, 15) is 9.18 Å². The average molecular weight is 329 g/mol. The number of nitrogens with two attached hydrogens (primary N) is 1. The number of nitrogens with zero attached hydrogens (tertiary/aromatic N) is 1. The van der Waals surface area contributed by atoms with Crippen LogP contribution < -0.4 is 5.73 Å². The number of hydrogen-bond donors (Lipinski definition) is 1. The summed E-state index contributed by atoms with van der Waals surface area (Å²) in [5, 5.41) is 0. The molecule has 1 aromatic rings. The van der Waals surface area contributed by atoms with Crippen LogP contribution in [0, 0.1) is 0 Å². The summed E-state index contributed by atoms with van der Waals surface area (Å²) in [4.78, 5) is 13.7. The van der Waals surface area contributed by atoms with Crippen LogP contribution in [-0.4, -0.2) is 36.1 Å². The summed E-state index contributed by atoms with van der Waals surface area (Å²) in [6.45, 7) is 2.58. The van der Waals surface area contributed by atoms with Crippen LogP contribution in [0.3, 0.4) is 0 Å². The minimum absolute atomic E-state index is 0.0840. The molecule has 0 bridgehead atoms. The normalized spacial score (nSPS) is 22.3. The molecule has 1 heterocycles. The zero-order chi connectivity index (χ0) is 14.0. The Labute approximate surface area is 121 Å². The van der Waals surface area contributed by atoms with Gasteiger partial charge in [-0.05, 0) is 24.1 Å². The zero-order valence-electron chi connectivity index (χ0n) is 10.9. The Bertz CT molecular complexity index is 451. The van der Waals surface area contributed by atoms with E-state index in [1.54, 1.807) is 0 Å². The summed E-state index contributed by atoms with van der Waals surface area (Å²) < 4.78 is 14.1. The fourth-order valence-corrected chi connectivity index (χ4v) is 2.58. The SMILES string of the molecule is C[C@@H](c1ccc(Br)cc1)[C@H](N)C(=O)N1CC[C@H](F)C1. The zero-order valence-corrected chi connectivity index (χ0v) is 12.4. The maximum atomic E-state index is 13.1. The molecule has 104 valence electrons. The number of rotatable bonds is 3. The second-order valence-electron chi connectivity index (χ2n) is 5.04. The van der Waals surface area contributed by atoms with E-state index in [0.717, 1.165) is 10.0 Å². The van der Waals surface area contributed by atoms with Gasteiger partial charge in [-0.1, -0.05) is 35.0 Å². The van der Waals surface area contributed by atoms with Crippen molar-refractivity contribution >= 4 is 21.8 Å². The van der Waals surface area contributed by atoms with Crippen molar-refractivity contribution < 1.29 is 9.18 Å². The number of carbonyl (C=O) groups is 1. The highest BCUT2D eigenvalue weighted by Gasteiger charge is 2.31. The first kappa shape index (κ1) is 14.5. The first-order chi connectivity index (χ1) is 8.99. The second-order valence-corrected chi connectivity index (χ2v) is 5.95. The standard InChI is InChI=1S/C14H18BrFN2O/c1-9(10-2-4-11(15)5-3-10)13(17)14(19)18-7-6-12(16)8-18/h2-5,9,12-13H,6-8,17H2,1H3/t9-,12-,13-/m0/s1. The summed E-state index contributed by atoms with van der Waals surface area (Å²) in [7, 11) is 0. The molecule has 1 aromatic carbocycles. The summed E-state index contributed by atoms with van der Waals surface area (Å²) in [6.07, 6.45) is -0.482. The molecule has 1 saturated heterocycles. The quantitative estimate of drug-likeness (QED) is 0.926. The predicted molar refractivity (Wildman–Crippen MR) is 76.6 cm³/mol. The molecule has 1 aliphatic heterocycles. The van der Waals surface area contributed by atoms with E-state index in [2.05, 4.69) is 15.9 Å². The Hall–Kier alpha value is -0.940. The molecular weight excluding hydrogens is 311 g/mol. The van der Waals surface area contributed by atoms with Crippen LogP contribution in [0.2, 0.25) is 0 Å². The Morgan fingerprint density at radius 2 is 2.11 bits per heavy atom. The van der Waals surface area contributed by atoms with Gasteiger partial charge in [0.05, 0.1) is 12.6 Å². The summed E-state index contributed by atoms with van der Waals surface area (Å²) in [6, 6.07) is 7.13. The van der Waals surface area contributed by atoms with Crippen molar-refractivity contribution in [1.82, 2.24) is 4.90 Å². The molecule has 0 aliphatic carbocycles. The van der Waals surface area contributed by atoms with Gasteiger partial charge >= 0.3 is 0 Å². The topological polar surface area (TPSA) is 46.3 Å². The van der Waals surface area contributed by atoms with Gasteiger partial charge in [0.1, 0.15) is 6.17 Å². The minimum atomic E-state index is -0.904. The summed E-state index contributed by atoms with van der Waals surface area (Å²) in [5.41, 5.74) is 7.04.